The van der Waals surface area contributed by atoms with Crippen LogP contribution in [0.15, 0.2) is 48.3 Å². The van der Waals surface area contributed by atoms with Gasteiger partial charge in [0.05, 0.1) is 23.7 Å². The maximum atomic E-state index is 12.9. The van der Waals surface area contributed by atoms with Crippen molar-refractivity contribution < 1.29 is 19.4 Å². The van der Waals surface area contributed by atoms with Crippen LogP contribution in [0.4, 0.5) is 0 Å². The molecule has 1 amide bonds. The summed E-state index contributed by atoms with van der Waals surface area (Å²) < 4.78 is 5.13. The number of likely N-dealkylation sites (N-methyl/N-ethyl adjacent to an activating group) is 1. The number of nitrogens with zero attached hydrogens (tertiary/aromatic N) is 3. The summed E-state index contributed by atoms with van der Waals surface area (Å²) in [5.41, 5.74) is 1.06. The van der Waals surface area contributed by atoms with E-state index in [1.165, 1.54) is 18.1 Å². The Hall–Kier alpha value is -2.90. The molecular formula is C21H22ClN3O4. The van der Waals surface area contributed by atoms with Gasteiger partial charge in [0.1, 0.15) is 11.5 Å². The number of hydrogen-bond donors (Lipinski definition) is 1. The first kappa shape index (κ1) is 20.8. The van der Waals surface area contributed by atoms with Gasteiger partial charge in [0.2, 0.25) is 0 Å². The minimum Gasteiger partial charge on any atom is -0.507 e. The number of pyridine rings is 1. The average molecular weight is 416 g/mol. The van der Waals surface area contributed by atoms with E-state index in [-0.39, 0.29) is 11.3 Å². The van der Waals surface area contributed by atoms with Crippen molar-refractivity contribution in [3.05, 3.63) is 64.4 Å². The van der Waals surface area contributed by atoms with Gasteiger partial charge in [0.15, 0.2) is 0 Å². The van der Waals surface area contributed by atoms with Gasteiger partial charge < -0.3 is 19.6 Å². The van der Waals surface area contributed by atoms with Gasteiger partial charge in [-0.25, -0.2) is 0 Å². The summed E-state index contributed by atoms with van der Waals surface area (Å²) in [6.07, 6.45) is 3.18. The standard InChI is InChI=1S/C21H22ClN3O4/c1-24(2)10-11-25-18(13-6-8-23-9-7-13)17(20(27)21(25)28)19(26)14-4-5-16(29-3)15(22)12-14/h4-9,12,18,26H,10-11H2,1-3H3/b19-17+/t18-/m1/s1. The zero-order chi connectivity index (χ0) is 21.1. The highest BCUT2D eigenvalue weighted by atomic mass is 35.5. The summed E-state index contributed by atoms with van der Waals surface area (Å²) >= 11 is 6.18. The average Bonchev–Trinajstić information content (AvgIpc) is 2.97. The zero-order valence-electron chi connectivity index (χ0n) is 16.4. The molecule has 2 aromatic rings. The third-order valence-electron chi connectivity index (χ3n) is 4.78. The van der Waals surface area contributed by atoms with Gasteiger partial charge in [0.25, 0.3) is 11.7 Å². The Morgan fingerprint density at radius 3 is 2.52 bits per heavy atom. The van der Waals surface area contributed by atoms with Crippen LogP contribution < -0.4 is 4.74 Å². The zero-order valence-corrected chi connectivity index (χ0v) is 17.2. The second-order valence-electron chi connectivity index (χ2n) is 6.93. The Kier molecular flexibility index (Phi) is 6.20. The molecule has 1 atom stereocenters. The maximum absolute atomic E-state index is 12.9. The van der Waals surface area contributed by atoms with E-state index in [9.17, 15) is 14.7 Å². The molecule has 29 heavy (non-hydrogen) atoms. The third kappa shape index (κ3) is 4.11. The largest absolute Gasteiger partial charge is 0.507 e. The van der Waals surface area contributed by atoms with Gasteiger partial charge in [-0.2, -0.15) is 0 Å². The smallest absolute Gasteiger partial charge is 0.295 e. The molecule has 1 aliphatic heterocycles. The first-order chi connectivity index (χ1) is 13.8. The van der Waals surface area contributed by atoms with Crippen LogP contribution in [-0.4, -0.2) is 65.9 Å². The first-order valence-electron chi connectivity index (χ1n) is 9.02. The number of Topliss-reactive ketones (excluding diaryl/α,β-unsaturated/α-hetero) is 1. The van der Waals surface area contributed by atoms with Gasteiger partial charge in [0, 0.05) is 31.0 Å². The highest BCUT2D eigenvalue weighted by Crippen LogP contribution is 2.39. The van der Waals surface area contributed by atoms with Crippen molar-refractivity contribution in [2.45, 2.75) is 6.04 Å². The highest BCUT2D eigenvalue weighted by molar-refractivity contribution is 6.46. The third-order valence-corrected chi connectivity index (χ3v) is 5.07. The molecule has 0 bridgehead atoms. The normalized spacial score (nSPS) is 18.5. The minimum absolute atomic E-state index is 0.0289. The number of likely N-dealkylation sites (tertiary alicyclic amines) is 1. The predicted octanol–water partition coefficient (Wildman–Crippen LogP) is 2.73. The molecule has 0 spiro atoms. The predicted molar refractivity (Wildman–Crippen MR) is 110 cm³/mol. The fraction of sp³-hybridized carbons (Fsp3) is 0.286. The maximum Gasteiger partial charge on any atom is 0.295 e. The lowest BCUT2D eigenvalue weighted by Crippen LogP contribution is -2.35. The van der Waals surface area contributed by atoms with Gasteiger partial charge >= 0.3 is 0 Å². The number of aromatic nitrogens is 1. The Balaban J connectivity index is 2.13. The van der Waals surface area contributed by atoms with Gasteiger partial charge in [-0.3, -0.25) is 14.6 Å². The van der Waals surface area contributed by atoms with E-state index in [0.29, 0.717) is 35.0 Å². The number of carbonyl (C=O) groups excluding carboxylic acids is 2. The summed E-state index contributed by atoms with van der Waals surface area (Å²) in [6.45, 7) is 0.910. The minimum atomic E-state index is -0.727. The van der Waals surface area contributed by atoms with Crippen molar-refractivity contribution in [1.29, 1.82) is 0 Å². The Bertz CT molecular complexity index is 960. The lowest BCUT2D eigenvalue weighted by Gasteiger charge is -2.26. The summed E-state index contributed by atoms with van der Waals surface area (Å²) in [4.78, 5) is 33.0. The van der Waals surface area contributed by atoms with E-state index in [1.807, 2.05) is 19.0 Å². The molecule has 1 aromatic heterocycles. The van der Waals surface area contributed by atoms with Crippen LogP contribution in [0.25, 0.3) is 5.76 Å². The molecule has 3 rings (SSSR count). The fourth-order valence-corrected chi connectivity index (χ4v) is 3.54. The Morgan fingerprint density at radius 2 is 1.93 bits per heavy atom. The number of ether oxygens (including phenoxy) is 1. The number of hydrogen-bond acceptors (Lipinski definition) is 6. The number of aliphatic hydroxyl groups excluding tert-OH is 1. The van der Waals surface area contributed by atoms with Gasteiger partial charge in [-0.1, -0.05) is 11.6 Å². The van der Waals surface area contributed by atoms with E-state index < -0.39 is 17.7 Å². The van der Waals surface area contributed by atoms with E-state index in [2.05, 4.69) is 4.98 Å². The van der Waals surface area contributed by atoms with Crippen LogP contribution >= 0.6 is 11.6 Å². The fourth-order valence-electron chi connectivity index (χ4n) is 3.28. The molecule has 0 unspecified atom stereocenters. The molecule has 8 heteroatoms. The summed E-state index contributed by atoms with van der Waals surface area (Å²) in [5, 5.41) is 11.3. The molecule has 1 fully saturated rings. The molecule has 1 saturated heterocycles. The number of benzene rings is 1. The summed E-state index contributed by atoms with van der Waals surface area (Å²) in [6, 6.07) is 7.45. The van der Waals surface area contributed by atoms with Crippen LogP contribution in [0, 0.1) is 0 Å². The number of ketones is 1. The van der Waals surface area contributed by atoms with Crippen LogP contribution in [-0.2, 0) is 9.59 Å². The van der Waals surface area contributed by atoms with Crippen molar-refractivity contribution in [3.8, 4) is 5.75 Å². The van der Waals surface area contributed by atoms with Crippen molar-refractivity contribution >= 4 is 29.1 Å². The summed E-state index contributed by atoms with van der Waals surface area (Å²) in [7, 11) is 5.26. The van der Waals surface area contributed by atoms with E-state index >= 15 is 0 Å². The molecule has 0 saturated carbocycles. The molecule has 0 radical (unpaired) electrons. The number of carbonyl (C=O) groups is 2. The van der Waals surface area contributed by atoms with E-state index in [0.717, 1.165) is 0 Å². The Labute approximate surface area is 174 Å². The van der Waals surface area contributed by atoms with Crippen LogP contribution in [0.3, 0.4) is 0 Å². The molecule has 2 heterocycles. The molecule has 7 nitrogen and oxygen atoms in total. The lowest BCUT2D eigenvalue weighted by atomic mass is 9.96. The molecule has 1 aliphatic rings. The van der Waals surface area contributed by atoms with E-state index in [1.54, 1.807) is 36.7 Å². The lowest BCUT2D eigenvalue weighted by molar-refractivity contribution is -0.140. The van der Waals surface area contributed by atoms with Crippen molar-refractivity contribution in [2.24, 2.45) is 0 Å². The number of halogens is 1. The van der Waals surface area contributed by atoms with Crippen LogP contribution in [0.5, 0.6) is 5.75 Å². The number of aliphatic hydroxyl groups is 1. The van der Waals surface area contributed by atoms with Gasteiger partial charge in [-0.05, 0) is 50.0 Å². The second-order valence-corrected chi connectivity index (χ2v) is 7.33. The second kappa shape index (κ2) is 8.63. The van der Waals surface area contributed by atoms with E-state index in [4.69, 9.17) is 16.3 Å². The highest BCUT2D eigenvalue weighted by Gasteiger charge is 2.45. The number of rotatable bonds is 6. The number of methoxy groups -OCH3 is 1. The number of amides is 1. The quantitative estimate of drug-likeness (QED) is 0.443. The van der Waals surface area contributed by atoms with Crippen molar-refractivity contribution in [2.75, 3.05) is 34.3 Å². The van der Waals surface area contributed by atoms with Crippen LogP contribution in [0.1, 0.15) is 17.2 Å². The molecule has 1 N–H and O–H groups in total. The summed E-state index contributed by atoms with van der Waals surface area (Å²) in [5.74, 6) is -1.20. The van der Waals surface area contributed by atoms with Crippen LogP contribution in [0.2, 0.25) is 5.02 Å². The molecule has 152 valence electrons. The van der Waals surface area contributed by atoms with Gasteiger partial charge in [-0.15, -0.1) is 0 Å². The molecule has 0 aliphatic carbocycles. The van der Waals surface area contributed by atoms with Crippen molar-refractivity contribution in [3.63, 3.8) is 0 Å². The first-order valence-corrected chi connectivity index (χ1v) is 9.40. The SMILES string of the molecule is COc1ccc(/C(O)=C2\C(=O)C(=O)N(CCN(C)C)[C@@H]2c2ccncc2)cc1Cl. The monoisotopic (exact) mass is 415 g/mol. The Morgan fingerprint density at radius 1 is 1.24 bits per heavy atom. The van der Waals surface area contributed by atoms with Crippen molar-refractivity contribution in [1.82, 2.24) is 14.8 Å². The topological polar surface area (TPSA) is 83.0 Å². The molecule has 1 aromatic carbocycles. The molecular weight excluding hydrogens is 394 g/mol.